The van der Waals surface area contributed by atoms with Crippen molar-refractivity contribution in [1.82, 2.24) is 19.4 Å². The van der Waals surface area contributed by atoms with Crippen LogP contribution in [0.1, 0.15) is 11.5 Å². The normalized spacial score (nSPS) is 11.9. The van der Waals surface area contributed by atoms with Crippen LogP contribution in [-0.2, 0) is 30.2 Å². The third kappa shape index (κ3) is 2.58. The highest BCUT2D eigenvalue weighted by molar-refractivity contribution is 7.89. The van der Waals surface area contributed by atoms with Gasteiger partial charge >= 0.3 is 0 Å². The number of aromatic nitrogens is 3. The molecule has 18 heavy (non-hydrogen) atoms. The molecule has 0 spiro atoms. The van der Waals surface area contributed by atoms with Crippen molar-refractivity contribution in [2.75, 3.05) is 0 Å². The Balaban J connectivity index is 2.14. The fourth-order valence-corrected chi connectivity index (χ4v) is 2.47. The summed E-state index contributed by atoms with van der Waals surface area (Å²) in [7, 11) is -2.00. The van der Waals surface area contributed by atoms with Gasteiger partial charge in [0.15, 0.2) is 5.82 Å². The Hall–Kier alpha value is -1.71. The lowest BCUT2D eigenvalue weighted by Crippen LogP contribution is -2.23. The quantitative estimate of drug-likeness (QED) is 0.750. The molecule has 0 saturated carbocycles. The van der Waals surface area contributed by atoms with Crippen LogP contribution >= 0.6 is 0 Å². The van der Waals surface area contributed by atoms with Gasteiger partial charge in [0.05, 0.1) is 18.0 Å². The lowest BCUT2D eigenvalue weighted by Gasteiger charge is -2.01. The van der Waals surface area contributed by atoms with Crippen LogP contribution in [0.25, 0.3) is 0 Å². The predicted molar refractivity (Wildman–Crippen MR) is 59.7 cm³/mol. The summed E-state index contributed by atoms with van der Waals surface area (Å²) in [5, 5.41) is 12.5. The fraction of sp³-hybridized carbons (Fsp3) is 0.333. The second-order valence-electron chi connectivity index (χ2n) is 3.61. The molecule has 0 aliphatic carbocycles. The highest BCUT2D eigenvalue weighted by Crippen LogP contribution is 2.13. The average molecular weight is 272 g/mol. The van der Waals surface area contributed by atoms with E-state index in [1.54, 1.807) is 11.6 Å². The molecule has 2 N–H and O–H groups in total. The van der Waals surface area contributed by atoms with Gasteiger partial charge < -0.3 is 14.2 Å². The van der Waals surface area contributed by atoms with Crippen LogP contribution in [0.2, 0.25) is 0 Å². The first-order chi connectivity index (χ1) is 8.53. The highest BCUT2D eigenvalue weighted by Gasteiger charge is 2.17. The number of sulfonamides is 1. The summed E-state index contributed by atoms with van der Waals surface area (Å²) < 4.78 is 32.2. The van der Waals surface area contributed by atoms with E-state index in [-0.39, 0.29) is 23.9 Å². The summed E-state index contributed by atoms with van der Waals surface area (Å²) in [4.78, 5) is 3.78. The number of rotatable bonds is 5. The van der Waals surface area contributed by atoms with Crippen molar-refractivity contribution < 1.29 is 18.0 Å². The predicted octanol–water partition coefficient (Wildman–Crippen LogP) is -0.621. The van der Waals surface area contributed by atoms with E-state index in [1.165, 1.54) is 12.3 Å². The maximum atomic E-state index is 11.9. The number of aliphatic hydroxyl groups is 1. The van der Waals surface area contributed by atoms with E-state index in [4.69, 9.17) is 5.11 Å². The van der Waals surface area contributed by atoms with Crippen LogP contribution in [0.15, 0.2) is 28.1 Å². The third-order valence-electron chi connectivity index (χ3n) is 2.38. The smallest absolute Gasteiger partial charge is 0.242 e. The van der Waals surface area contributed by atoms with Gasteiger partial charge in [0.2, 0.25) is 16.4 Å². The van der Waals surface area contributed by atoms with E-state index in [0.29, 0.717) is 5.69 Å². The van der Waals surface area contributed by atoms with Gasteiger partial charge in [-0.1, -0.05) is 5.16 Å². The molecule has 8 nitrogen and oxygen atoms in total. The van der Waals surface area contributed by atoms with Crippen molar-refractivity contribution >= 4 is 10.0 Å². The maximum absolute atomic E-state index is 11.9. The zero-order valence-corrected chi connectivity index (χ0v) is 10.4. The monoisotopic (exact) mass is 272 g/mol. The molecule has 0 aromatic carbocycles. The molecule has 0 saturated heterocycles. The minimum Gasteiger partial charge on any atom is -0.390 e. The van der Waals surface area contributed by atoms with Crippen molar-refractivity contribution in [3.8, 4) is 0 Å². The Labute approximate surface area is 103 Å². The molecule has 2 aromatic rings. The lowest BCUT2D eigenvalue weighted by molar-refractivity contribution is 0.272. The summed E-state index contributed by atoms with van der Waals surface area (Å²) in [5.74, 6) is 0.247. The maximum Gasteiger partial charge on any atom is 0.242 e. The Morgan fingerprint density at radius 2 is 2.33 bits per heavy atom. The standard InChI is InChI=1S/C9H12N4O4S/c1-13-4-8(2-7(13)5-14)18(15,16)11-3-9-10-6-17-12-9/h2,4,6,11,14H,3,5H2,1H3. The van der Waals surface area contributed by atoms with Gasteiger partial charge in [0.1, 0.15) is 0 Å². The van der Waals surface area contributed by atoms with Gasteiger partial charge in [-0.3, -0.25) is 0 Å². The first-order valence-corrected chi connectivity index (χ1v) is 6.52. The Kier molecular flexibility index (Phi) is 3.45. The number of hydrogen-bond acceptors (Lipinski definition) is 6. The molecule has 0 radical (unpaired) electrons. The lowest BCUT2D eigenvalue weighted by atomic mass is 10.5. The summed E-state index contributed by atoms with van der Waals surface area (Å²) >= 11 is 0. The molecule has 0 aliphatic heterocycles. The van der Waals surface area contributed by atoms with E-state index in [9.17, 15) is 8.42 Å². The van der Waals surface area contributed by atoms with Gasteiger partial charge in [-0.05, 0) is 6.07 Å². The minimum absolute atomic E-state index is 0.0534. The van der Waals surface area contributed by atoms with Gasteiger partial charge in [0, 0.05) is 18.9 Å². The van der Waals surface area contributed by atoms with Gasteiger partial charge in [-0.25, -0.2) is 13.1 Å². The molecular formula is C9H12N4O4S. The number of nitrogens with one attached hydrogen (secondary N) is 1. The largest absolute Gasteiger partial charge is 0.390 e. The molecular weight excluding hydrogens is 260 g/mol. The minimum atomic E-state index is -3.65. The zero-order chi connectivity index (χ0) is 13.2. The molecule has 98 valence electrons. The van der Waals surface area contributed by atoms with Crippen molar-refractivity contribution in [3.63, 3.8) is 0 Å². The second-order valence-corrected chi connectivity index (χ2v) is 5.38. The molecule has 9 heteroatoms. The number of nitrogens with zero attached hydrogens (tertiary/aromatic N) is 3. The van der Waals surface area contributed by atoms with Gasteiger partial charge in [-0.15, -0.1) is 0 Å². The van der Waals surface area contributed by atoms with Crippen molar-refractivity contribution in [2.24, 2.45) is 7.05 Å². The molecule has 0 amide bonds. The van der Waals surface area contributed by atoms with Crippen molar-refractivity contribution in [3.05, 3.63) is 30.2 Å². The van der Waals surface area contributed by atoms with Crippen molar-refractivity contribution in [1.29, 1.82) is 0 Å². The summed E-state index contributed by atoms with van der Waals surface area (Å²) in [5.41, 5.74) is 0.509. The van der Waals surface area contributed by atoms with Gasteiger partial charge in [-0.2, -0.15) is 4.98 Å². The summed E-state index contributed by atoms with van der Waals surface area (Å²) in [6, 6.07) is 1.40. The topological polar surface area (TPSA) is 110 Å². The third-order valence-corrected chi connectivity index (χ3v) is 3.75. The second kappa shape index (κ2) is 4.88. The molecule has 2 aromatic heterocycles. The van der Waals surface area contributed by atoms with E-state index in [1.807, 2.05) is 0 Å². The first kappa shape index (κ1) is 12.7. The van der Waals surface area contributed by atoms with Gasteiger partial charge in [0.25, 0.3) is 0 Å². The molecule has 0 fully saturated rings. The first-order valence-electron chi connectivity index (χ1n) is 5.04. The van der Waals surface area contributed by atoms with Crippen LogP contribution in [0, 0.1) is 0 Å². The van der Waals surface area contributed by atoms with E-state index in [0.717, 1.165) is 6.39 Å². The molecule has 0 atom stereocenters. The molecule has 2 rings (SSSR count). The average Bonchev–Trinajstić information content (AvgIpc) is 2.95. The summed E-state index contributed by atoms with van der Waals surface area (Å²) in [6.45, 7) is -0.279. The SMILES string of the molecule is Cn1cc(S(=O)(=O)NCc2ncon2)cc1CO. The van der Waals surface area contributed by atoms with E-state index in [2.05, 4.69) is 19.4 Å². The number of aryl methyl sites for hydroxylation is 1. The molecule has 0 unspecified atom stereocenters. The Bertz CT molecular complexity index is 617. The van der Waals surface area contributed by atoms with Crippen molar-refractivity contribution in [2.45, 2.75) is 18.0 Å². The van der Waals surface area contributed by atoms with Crippen LogP contribution in [0.5, 0.6) is 0 Å². The molecule has 0 bridgehead atoms. The summed E-state index contributed by atoms with van der Waals surface area (Å²) in [6.07, 6.45) is 2.54. The molecule has 2 heterocycles. The highest BCUT2D eigenvalue weighted by atomic mass is 32.2. The molecule has 0 aliphatic rings. The Morgan fingerprint density at radius 1 is 1.56 bits per heavy atom. The van der Waals surface area contributed by atoms with Crippen LogP contribution in [0.3, 0.4) is 0 Å². The van der Waals surface area contributed by atoms with Crippen LogP contribution in [-0.4, -0.2) is 28.2 Å². The van der Waals surface area contributed by atoms with E-state index >= 15 is 0 Å². The van der Waals surface area contributed by atoms with E-state index < -0.39 is 10.0 Å². The zero-order valence-electron chi connectivity index (χ0n) is 9.57. The fourth-order valence-electron chi connectivity index (χ4n) is 1.39. The van der Waals surface area contributed by atoms with Crippen LogP contribution < -0.4 is 4.72 Å². The number of aliphatic hydroxyl groups excluding tert-OH is 1. The van der Waals surface area contributed by atoms with Crippen LogP contribution in [0.4, 0.5) is 0 Å². The Morgan fingerprint density at radius 3 is 2.89 bits per heavy atom. The number of hydrogen-bond donors (Lipinski definition) is 2.